The van der Waals surface area contributed by atoms with E-state index in [0.29, 0.717) is 11.0 Å². The van der Waals surface area contributed by atoms with Gasteiger partial charge < -0.3 is 14.6 Å². The lowest BCUT2D eigenvalue weighted by atomic mass is 10.1. The van der Waals surface area contributed by atoms with Gasteiger partial charge in [0.2, 0.25) is 5.91 Å². The topological polar surface area (TPSA) is 69.0 Å². The van der Waals surface area contributed by atoms with Gasteiger partial charge in [0.25, 0.3) is 0 Å². The van der Waals surface area contributed by atoms with E-state index in [9.17, 15) is 9.18 Å². The first kappa shape index (κ1) is 22.8. The predicted octanol–water partition coefficient (Wildman–Crippen LogP) is 6.02. The summed E-state index contributed by atoms with van der Waals surface area (Å²) in [5, 5.41) is 14.3. The number of para-hydroxylation sites is 1. The van der Waals surface area contributed by atoms with Gasteiger partial charge in [0.05, 0.1) is 5.75 Å². The largest absolute Gasteiger partial charge is 0.480 e. The van der Waals surface area contributed by atoms with E-state index in [1.165, 1.54) is 17.8 Å². The van der Waals surface area contributed by atoms with Crippen LogP contribution >= 0.6 is 11.8 Å². The van der Waals surface area contributed by atoms with E-state index in [-0.39, 0.29) is 23.5 Å². The van der Waals surface area contributed by atoms with Crippen LogP contribution < -0.4 is 10.1 Å². The Morgan fingerprint density at radius 2 is 1.76 bits per heavy atom. The van der Waals surface area contributed by atoms with E-state index < -0.39 is 11.9 Å². The maximum absolute atomic E-state index is 14.0. The molecule has 0 aliphatic rings. The number of thioether (sulfide) groups is 1. The number of hydrogen-bond donors (Lipinski definition) is 1. The minimum atomic E-state index is -0.516. The number of carbonyl (C=O) groups excluding carboxylic acids is 1. The number of rotatable bonds is 8. The summed E-state index contributed by atoms with van der Waals surface area (Å²) in [5.74, 6) is 0.351. The Morgan fingerprint density at radius 1 is 1.03 bits per heavy atom. The number of benzene rings is 3. The van der Waals surface area contributed by atoms with Crippen molar-refractivity contribution in [2.24, 2.45) is 0 Å². The van der Waals surface area contributed by atoms with E-state index in [4.69, 9.17) is 4.74 Å². The number of carbonyl (C=O) groups is 1. The first-order valence-corrected chi connectivity index (χ1v) is 11.7. The molecule has 0 bridgehead atoms. The fourth-order valence-corrected chi connectivity index (χ4v) is 4.40. The summed E-state index contributed by atoms with van der Waals surface area (Å²) in [4.78, 5) is 12.6. The molecule has 1 N–H and O–H groups in total. The molecule has 0 saturated carbocycles. The van der Waals surface area contributed by atoms with Crippen molar-refractivity contribution in [2.75, 3.05) is 11.1 Å². The smallest absolute Gasteiger partial charge is 0.234 e. The summed E-state index contributed by atoms with van der Waals surface area (Å²) in [6.07, 6.45) is -0.516. The molecule has 0 spiro atoms. The van der Waals surface area contributed by atoms with Gasteiger partial charge >= 0.3 is 0 Å². The van der Waals surface area contributed by atoms with Crippen molar-refractivity contribution >= 4 is 34.1 Å². The zero-order chi connectivity index (χ0) is 23.4. The van der Waals surface area contributed by atoms with Crippen molar-refractivity contribution in [3.05, 3.63) is 78.4 Å². The monoisotopic (exact) mass is 464 g/mol. The normalized spacial score (nSPS) is 12.2. The molecule has 8 heteroatoms. The second-order valence-corrected chi connectivity index (χ2v) is 8.84. The van der Waals surface area contributed by atoms with Crippen LogP contribution in [0.15, 0.2) is 71.9 Å². The summed E-state index contributed by atoms with van der Waals surface area (Å²) in [6, 6.07) is 20.1. The van der Waals surface area contributed by atoms with E-state index in [0.717, 1.165) is 16.5 Å². The highest BCUT2D eigenvalue weighted by Gasteiger charge is 2.22. The maximum Gasteiger partial charge on any atom is 0.234 e. The third-order valence-electron chi connectivity index (χ3n) is 5.08. The molecule has 170 valence electrons. The molecule has 4 rings (SSSR count). The Bertz CT molecular complexity index is 1270. The zero-order valence-electron chi connectivity index (χ0n) is 18.7. The summed E-state index contributed by atoms with van der Waals surface area (Å²) in [6.45, 7) is 5.81. The third kappa shape index (κ3) is 5.34. The van der Waals surface area contributed by atoms with Crippen molar-refractivity contribution in [2.45, 2.75) is 38.1 Å². The lowest BCUT2D eigenvalue weighted by molar-refractivity contribution is -0.113. The Kier molecular flexibility index (Phi) is 6.93. The van der Waals surface area contributed by atoms with Crippen LogP contribution in [0.1, 0.15) is 38.7 Å². The van der Waals surface area contributed by atoms with Crippen LogP contribution in [0.5, 0.6) is 5.75 Å². The van der Waals surface area contributed by atoms with Crippen LogP contribution in [-0.2, 0) is 4.79 Å². The summed E-state index contributed by atoms with van der Waals surface area (Å²) < 4.78 is 21.7. The maximum atomic E-state index is 14.0. The highest BCUT2D eigenvalue weighted by molar-refractivity contribution is 7.99. The van der Waals surface area contributed by atoms with Gasteiger partial charge in [0.15, 0.2) is 28.7 Å². The fourth-order valence-electron chi connectivity index (χ4n) is 3.53. The van der Waals surface area contributed by atoms with E-state index in [2.05, 4.69) is 15.5 Å². The van der Waals surface area contributed by atoms with Gasteiger partial charge in [-0.2, -0.15) is 0 Å². The quantitative estimate of drug-likeness (QED) is 0.323. The van der Waals surface area contributed by atoms with Gasteiger partial charge in [-0.05, 0) is 55.8 Å². The highest BCUT2D eigenvalue weighted by Crippen LogP contribution is 2.29. The number of fused-ring (bicyclic) bond motifs is 1. The standard InChI is InChI=1S/C25H25FN4O2S/c1-16(2)30-24(17(3)32-22-11-7-6-10-21(22)26)28-29-25(30)33-15-23(31)27-20-13-12-18-8-4-5-9-19(18)14-20/h4-14,16-17H,15H2,1-3H3,(H,27,31). The molecule has 6 nitrogen and oxygen atoms in total. The summed E-state index contributed by atoms with van der Waals surface area (Å²) >= 11 is 1.30. The average molecular weight is 465 g/mol. The molecule has 1 atom stereocenters. The highest BCUT2D eigenvalue weighted by atomic mass is 32.2. The summed E-state index contributed by atoms with van der Waals surface area (Å²) in [7, 11) is 0. The number of halogens is 1. The van der Waals surface area contributed by atoms with E-state index >= 15 is 0 Å². The molecule has 4 aromatic rings. The Morgan fingerprint density at radius 3 is 2.52 bits per heavy atom. The second-order valence-electron chi connectivity index (χ2n) is 7.89. The van der Waals surface area contributed by atoms with Gasteiger partial charge in [-0.25, -0.2) is 4.39 Å². The molecule has 0 radical (unpaired) electrons. The number of hydrogen-bond acceptors (Lipinski definition) is 5. The Labute approximate surface area is 196 Å². The SMILES string of the molecule is CC(Oc1ccccc1F)c1nnc(SCC(=O)Nc2ccc3ccccc3c2)n1C(C)C. The molecule has 0 fully saturated rings. The van der Waals surface area contributed by atoms with Crippen LogP contribution in [0.25, 0.3) is 10.8 Å². The number of aromatic nitrogens is 3. The predicted molar refractivity (Wildman–Crippen MR) is 129 cm³/mol. The molecular formula is C25H25FN4O2S. The van der Waals surface area contributed by atoms with Gasteiger partial charge in [0.1, 0.15) is 0 Å². The number of nitrogens with zero attached hydrogens (tertiary/aromatic N) is 3. The van der Waals surface area contributed by atoms with Crippen LogP contribution in [-0.4, -0.2) is 26.4 Å². The molecule has 33 heavy (non-hydrogen) atoms. The number of nitrogens with one attached hydrogen (secondary N) is 1. The molecule has 1 heterocycles. The molecule has 1 aromatic heterocycles. The molecule has 0 aliphatic heterocycles. The van der Waals surface area contributed by atoms with Crippen LogP contribution in [0.2, 0.25) is 0 Å². The number of ether oxygens (including phenoxy) is 1. The van der Waals surface area contributed by atoms with Crippen molar-refractivity contribution < 1.29 is 13.9 Å². The van der Waals surface area contributed by atoms with Gasteiger partial charge in [-0.15, -0.1) is 10.2 Å². The zero-order valence-corrected chi connectivity index (χ0v) is 19.5. The first-order chi connectivity index (χ1) is 15.9. The molecule has 0 aliphatic carbocycles. The lowest BCUT2D eigenvalue weighted by Gasteiger charge is -2.19. The second kappa shape index (κ2) is 10.0. The van der Waals surface area contributed by atoms with Crippen LogP contribution in [0.4, 0.5) is 10.1 Å². The molecule has 1 unspecified atom stereocenters. The van der Waals surface area contributed by atoms with Crippen molar-refractivity contribution in [1.29, 1.82) is 0 Å². The van der Waals surface area contributed by atoms with Gasteiger partial charge in [-0.3, -0.25) is 4.79 Å². The van der Waals surface area contributed by atoms with Crippen LogP contribution in [0, 0.1) is 5.82 Å². The minimum absolute atomic E-state index is 0.0349. The number of amides is 1. The van der Waals surface area contributed by atoms with Gasteiger partial charge in [0, 0.05) is 11.7 Å². The van der Waals surface area contributed by atoms with Crippen molar-refractivity contribution in [3.63, 3.8) is 0 Å². The average Bonchev–Trinajstić information content (AvgIpc) is 3.24. The molecule has 1 amide bonds. The molecular weight excluding hydrogens is 439 g/mol. The Balaban J connectivity index is 1.43. The summed E-state index contributed by atoms with van der Waals surface area (Å²) in [5.41, 5.74) is 0.747. The van der Waals surface area contributed by atoms with E-state index in [1.54, 1.807) is 25.1 Å². The third-order valence-corrected chi connectivity index (χ3v) is 6.02. The van der Waals surface area contributed by atoms with Crippen LogP contribution in [0.3, 0.4) is 0 Å². The number of anilines is 1. The van der Waals surface area contributed by atoms with Crippen molar-refractivity contribution in [3.8, 4) is 5.75 Å². The molecule has 0 saturated heterocycles. The van der Waals surface area contributed by atoms with Gasteiger partial charge in [-0.1, -0.05) is 54.2 Å². The fraction of sp³-hybridized carbons (Fsp3) is 0.240. The Hall–Kier alpha value is -3.39. The molecule has 3 aromatic carbocycles. The first-order valence-electron chi connectivity index (χ1n) is 10.7. The van der Waals surface area contributed by atoms with E-state index in [1.807, 2.05) is 60.9 Å². The van der Waals surface area contributed by atoms with Crippen molar-refractivity contribution in [1.82, 2.24) is 14.8 Å². The minimum Gasteiger partial charge on any atom is -0.480 e. The lowest BCUT2D eigenvalue weighted by Crippen LogP contribution is -2.16.